The third-order valence-electron chi connectivity index (χ3n) is 1.18. The normalized spacial score (nSPS) is 21.4. The van der Waals surface area contributed by atoms with Crippen LogP contribution in [0.5, 0.6) is 0 Å². The molecule has 0 aliphatic carbocycles. The Bertz CT molecular complexity index is 182. The maximum atomic E-state index is 10.4. The Kier molecular flexibility index (Phi) is 1.74. The first-order valence-corrected chi connectivity index (χ1v) is 4.38. The molecule has 0 saturated carbocycles. The zero-order valence-corrected chi connectivity index (χ0v) is 5.73. The van der Waals surface area contributed by atoms with Gasteiger partial charge in [-0.2, -0.15) is 0 Å². The van der Waals surface area contributed by atoms with Crippen LogP contribution in [0.25, 0.3) is 0 Å². The fourth-order valence-corrected chi connectivity index (χ4v) is 1.56. The van der Waals surface area contributed by atoms with Crippen LogP contribution in [-0.2, 0) is 14.8 Å². The van der Waals surface area contributed by atoms with Crippen molar-refractivity contribution in [2.75, 3.05) is 19.0 Å². The van der Waals surface area contributed by atoms with Gasteiger partial charge in [0.25, 0.3) is 0 Å². The van der Waals surface area contributed by atoms with E-state index in [0.29, 0.717) is 13.2 Å². The summed E-state index contributed by atoms with van der Waals surface area (Å²) in [6.45, 7) is 1.08. The van der Waals surface area contributed by atoms with Gasteiger partial charge in [-0.3, -0.25) is 0 Å². The summed E-state index contributed by atoms with van der Waals surface area (Å²) in [7, 11) is -3.26. The molecule has 2 N–H and O–H groups in total. The van der Waals surface area contributed by atoms with Crippen LogP contribution in [0.1, 0.15) is 0 Å². The first kappa shape index (κ1) is 6.98. The number of hydrogen-bond donors (Lipinski definition) is 1. The Morgan fingerprint density at radius 2 is 2.11 bits per heavy atom. The molecule has 0 radical (unpaired) electrons. The van der Waals surface area contributed by atoms with Crippen molar-refractivity contribution < 1.29 is 13.2 Å². The molecule has 1 saturated heterocycles. The lowest BCUT2D eigenvalue weighted by Crippen LogP contribution is -2.36. The van der Waals surface area contributed by atoms with Crippen LogP contribution in [0.15, 0.2) is 0 Å². The molecule has 1 aliphatic heterocycles. The molecule has 1 rings (SSSR count). The lowest BCUT2D eigenvalue weighted by molar-refractivity contribution is -0.0204. The summed E-state index contributed by atoms with van der Waals surface area (Å²) < 4.78 is 25.5. The molecule has 0 aromatic rings. The zero-order chi connectivity index (χ0) is 6.91. The summed E-state index contributed by atoms with van der Waals surface area (Å²) in [6.07, 6.45) is 0. The number of rotatable bonds is 2. The Labute approximate surface area is 54.0 Å². The summed E-state index contributed by atoms with van der Waals surface area (Å²) in [6, 6.07) is 0. The highest BCUT2D eigenvalue weighted by Crippen LogP contribution is 2.10. The number of hydrogen-bond acceptors (Lipinski definition) is 3. The van der Waals surface area contributed by atoms with E-state index in [2.05, 4.69) is 0 Å². The van der Waals surface area contributed by atoms with E-state index in [1.807, 2.05) is 0 Å². The monoisotopic (exact) mass is 151 g/mol. The molecule has 0 unspecified atom stereocenters. The molecule has 0 aromatic heterocycles. The van der Waals surface area contributed by atoms with Gasteiger partial charge in [-0.05, 0) is 0 Å². The SMILES string of the molecule is NS(=O)(=O)CC1COC1. The molecule has 4 nitrogen and oxygen atoms in total. The minimum Gasteiger partial charge on any atom is -0.381 e. The van der Waals surface area contributed by atoms with E-state index in [0.717, 1.165) is 0 Å². The van der Waals surface area contributed by atoms with Crippen molar-refractivity contribution in [3.05, 3.63) is 0 Å². The zero-order valence-electron chi connectivity index (χ0n) is 4.91. The molecule has 0 bridgehead atoms. The minimum atomic E-state index is -3.26. The highest BCUT2D eigenvalue weighted by molar-refractivity contribution is 7.89. The molecule has 5 heteroatoms. The van der Waals surface area contributed by atoms with Crippen molar-refractivity contribution in [3.8, 4) is 0 Å². The molecule has 1 fully saturated rings. The predicted octanol–water partition coefficient (Wildman–Crippen LogP) is -1.08. The van der Waals surface area contributed by atoms with Crippen molar-refractivity contribution in [2.45, 2.75) is 0 Å². The third-order valence-corrected chi connectivity index (χ3v) is 2.11. The average Bonchev–Trinajstić information content (AvgIpc) is 1.53. The molecule has 9 heavy (non-hydrogen) atoms. The topological polar surface area (TPSA) is 69.4 Å². The minimum absolute atomic E-state index is 0.0625. The van der Waals surface area contributed by atoms with Gasteiger partial charge in [0.15, 0.2) is 0 Å². The van der Waals surface area contributed by atoms with Crippen molar-refractivity contribution in [3.63, 3.8) is 0 Å². The van der Waals surface area contributed by atoms with Crippen molar-refractivity contribution in [1.82, 2.24) is 0 Å². The van der Waals surface area contributed by atoms with Crippen molar-refractivity contribution in [2.24, 2.45) is 11.1 Å². The fraction of sp³-hybridized carbons (Fsp3) is 1.00. The molecule has 0 amide bonds. The van der Waals surface area contributed by atoms with Gasteiger partial charge in [0.2, 0.25) is 10.0 Å². The van der Waals surface area contributed by atoms with E-state index in [4.69, 9.17) is 9.88 Å². The smallest absolute Gasteiger partial charge is 0.209 e. The van der Waals surface area contributed by atoms with E-state index in [1.54, 1.807) is 0 Å². The van der Waals surface area contributed by atoms with Crippen LogP contribution in [0.4, 0.5) is 0 Å². The average molecular weight is 151 g/mol. The van der Waals surface area contributed by atoms with E-state index in [9.17, 15) is 8.42 Å². The maximum absolute atomic E-state index is 10.4. The van der Waals surface area contributed by atoms with E-state index < -0.39 is 10.0 Å². The van der Waals surface area contributed by atoms with Crippen molar-refractivity contribution >= 4 is 10.0 Å². The quantitative estimate of drug-likeness (QED) is 0.546. The standard InChI is InChI=1S/C4H9NO3S/c5-9(6,7)3-4-1-8-2-4/h4H,1-3H2,(H2,5,6,7). The fourth-order valence-electron chi connectivity index (χ4n) is 0.709. The summed E-state index contributed by atoms with van der Waals surface area (Å²) >= 11 is 0. The van der Waals surface area contributed by atoms with E-state index >= 15 is 0 Å². The first-order chi connectivity index (χ1) is 4.08. The van der Waals surface area contributed by atoms with Gasteiger partial charge in [-0.25, -0.2) is 13.6 Å². The van der Waals surface area contributed by atoms with Crippen LogP contribution < -0.4 is 5.14 Å². The van der Waals surface area contributed by atoms with E-state index in [1.165, 1.54) is 0 Å². The highest BCUT2D eigenvalue weighted by Gasteiger charge is 2.22. The molecule has 0 aromatic carbocycles. The van der Waals surface area contributed by atoms with Gasteiger partial charge in [0.1, 0.15) is 0 Å². The first-order valence-electron chi connectivity index (χ1n) is 2.66. The third kappa shape index (κ3) is 2.30. The van der Waals surface area contributed by atoms with Gasteiger partial charge < -0.3 is 4.74 Å². The van der Waals surface area contributed by atoms with Gasteiger partial charge in [0, 0.05) is 5.92 Å². The Morgan fingerprint density at radius 1 is 1.56 bits per heavy atom. The molecule has 1 aliphatic rings. The summed E-state index contributed by atoms with van der Waals surface area (Å²) in [5.41, 5.74) is 0. The molecule has 1 heterocycles. The second-order valence-corrected chi connectivity index (χ2v) is 3.89. The van der Waals surface area contributed by atoms with Crippen LogP contribution in [0.3, 0.4) is 0 Å². The maximum Gasteiger partial charge on any atom is 0.209 e. The molecular formula is C4H9NO3S. The number of sulfonamides is 1. The largest absolute Gasteiger partial charge is 0.381 e. The number of primary sulfonamides is 1. The summed E-state index contributed by atoms with van der Waals surface area (Å²) in [5.74, 6) is 0.201. The molecular weight excluding hydrogens is 142 g/mol. The van der Waals surface area contributed by atoms with Gasteiger partial charge in [0.05, 0.1) is 19.0 Å². The Balaban J connectivity index is 2.33. The molecule has 54 valence electrons. The molecule has 0 spiro atoms. The van der Waals surface area contributed by atoms with Gasteiger partial charge in [-0.1, -0.05) is 0 Å². The number of nitrogens with two attached hydrogens (primary N) is 1. The molecule has 0 atom stereocenters. The van der Waals surface area contributed by atoms with Crippen LogP contribution in [-0.4, -0.2) is 27.4 Å². The second-order valence-electron chi connectivity index (χ2n) is 2.23. The van der Waals surface area contributed by atoms with Crippen LogP contribution in [0.2, 0.25) is 0 Å². The number of ether oxygens (including phenoxy) is 1. The Morgan fingerprint density at radius 3 is 2.22 bits per heavy atom. The highest BCUT2D eigenvalue weighted by atomic mass is 32.2. The predicted molar refractivity (Wildman–Crippen MR) is 32.3 cm³/mol. The van der Waals surface area contributed by atoms with Crippen LogP contribution >= 0.6 is 0 Å². The van der Waals surface area contributed by atoms with Gasteiger partial charge >= 0.3 is 0 Å². The lowest BCUT2D eigenvalue weighted by Gasteiger charge is -2.24. The summed E-state index contributed by atoms with van der Waals surface area (Å²) in [5, 5.41) is 4.76. The van der Waals surface area contributed by atoms with Crippen LogP contribution in [0, 0.1) is 5.92 Å². The summed E-state index contributed by atoms with van der Waals surface area (Å²) in [4.78, 5) is 0. The van der Waals surface area contributed by atoms with Crippen molar-refractivity contribution in [1.29, 1.82) is 0 Å². The second kappa shape index (κ2) is 2.24. The Hall–Kier alpha value is -0.130. The van der Waals surface area contributed by atoms with E-state index in [-0.39, 0.29) is 11.7 Å². The lowest BCUT2D eigenvalue weighted by atomic mass is 10.1. The van der Waals surface area contributed by atoms with Gasteiger partial charge in [-0.15, -0.1) is 0 Å².